The van der Waals surface area contributed by atoms with Crippen LogP contribution >= 0.6 is 11.3 Å². The molecule has 5 nitrogen and oxygen atoms in total. The van der Waals surface area contributed by atoms with Crippen molar-refractivity contribution in [1.29, 1.82) is 0 Å². The van der Waals surface area contributed by atoms with E-state index in [4.69, 9.17) is 10.7 Å². The van der Waals surface area contributed by atoms with Gasteiger partial charge in [-0.2, -0.15) is 0 Å². The summed E-state index contributed by atoms with van der Waals surface area (Å²) in [7, 11) is 0. The van der Waals surface area contributed by atoms with Gasteiger partial charge in [0.1, 0.15) is 22.3 Å². The molecule has 7 heteroatoms. The molecule has 0 aliphatic rings. The maximum absolute atomic E-state index is 13.3. The molecule has 2 aromatic heterocycles. The molecule has 27 heavy (non-hydrogen) atoms. The Bertz CT molecular complexity index is 1110. The number of aromatic amines is 1. The van der Waals surface area contributed by atoms with Gasteiger partial charge >= 0.3 is 0 Å². The number of hydrogen-bond acceptors (Lipinski definition) is 4. The summed E-state index contributed by atoms with van der Waals surface area (Å²) < 4.78 is 13.3. The van der Waals surface area contributed by atoms with E-state index in [0.717, 1.165) is 27.5 Å². The van der Waals surface area contributed by atoms with Crippen molar-refractivity contribution in [3.8, 4) is 33.3 Å². The molecule has 0 saturated heterocycles. The summed E-state index contributed by atoms with van der Waals surface area (Å²) in [5.74, 6) is -0.150. The number of carbonyl (C=O) groups excluding carboxylic acids is 1. The highest BCUT2D eigenvalue weighted by Crippen LogP contribution is 2.34. The van der Waals surface area contributed by atoms with Crippen molar-refractivity contribution in [2.24, 2.45) is 5.73 Å². The number of benzene rings is 2. The SMILES string of the molecule is Cc1csc(-c2[nH]c(-c3ccc(C(N)=O)cc3)nc2-c2ccc(F)cc2)n1. The quantitative estimate of drug-likeness (QED) is 0.551. The summed E-state index contributed by atoms with van der Waals surface area (Å²) in [6, 6.07) is 13.1. The Kier molecular flexibility index (Phi) is 4.29. The van der Waals surface area contributed by atoms with Crippen molar-refractivity contribution in [2.45, 2.75) is 6.92 Å². The Morgan fingerprint density at radius 1 is 1.04 bits per heavy atom. The molecule has 0 aliphatic heterocycles. The van der Waals surface area contributed by atoms with Crippen molar-refractivity contribution in [3.63, 3.8) is 0 Å². The first-order valence-electron chi connectivity index (χ1n) is 8.20. The van der Waals surface area contributed by atoms with Gasteiger partial charge in [-0.25, -0.2) is 14.4 Å². The molecule has 4 rings (SSSR count). The Labute approximate surface area is 158 Å². The first-order chi connectivity index (χ1) is 13.0. The average molecular weight is 378 g/mol. The number of H-pyrrole nitrogens is 1. The lowest BCUT2D eigenvalue weighted by atomic mass is 10.1. The van der Waals surface area contributed by atoms with Crippen molar-refractivity contribution >= 4 is 17.2 Å². The van der Waals surface area contributed by atoms with Gasteiger partial charge in [0.05, 0.1) is 5.69 Å². The van der Waals surface area contributed by atoms with Crippen LogP contribution in [0.3, 0.4) is 0 Å². The lowest BCUT2D eigenvalue weighted by Crippen LogP contribution is -2.10. The van der Waals surface area contributed by atoms with E-state index in [-0.39, 0.29) is 5.82 Å². The molecular formula is C20H15FN4OS. The highest BCUT2D eigenvalue weighted by atomic mass is 32.1. The van der Waals surface area contributed by atoms with Crippen LogP contribution in [0.2, 0.25) is 0 Å². The fraction of sp³-hybridized carbons (Fsp3) is 0.0500. The molecule has 0 saturated carbocycles. The van der Waals surface area contributed by atoms with Crippen LogP contribution in [0, 0.1) is 12.7 Å². The summed E-state index contributed by atoms with van der Waals surface area (Å²) in [6.45, 7) is 1.93. The van der Waals surface area contributed by atoms with Crippen LogP contribution in [0.15, 0.2) is 53.9 Å². The Balaban J connectivity index is 1.84. The normalized spacial score (nSPS) is 10.9. The van der Waals surface area contributed by atoms with Crippen LogP contribution in [0.25, 0.3) is 33.3 Å². The Morgan fingerprint density at radius 3 is 2.30 bits per heavy atom. The van der Waals surface area contributed by atoms with E-state index >= 15 is 0 Å². The molecule has 0 atom stereocenters. The number of primary amides is 1. The first kappa shape index (κ1) is 17.1. The number of nitrogens with one attached hydrogen (secondary N) is 1. The molecule has 2 aromatic carbocycles. The first-order valence-corrected chi connectivity index (χ1v) is 9.08. The van der Waals surface area contributed by atoms with Gasteiger partial charge in [0.15, 0.2) is 0 Å². The largest absolute Gasteiger partial charge is 0.366 e. The van der Waals surface area contributed by atoms with Gasteiger partial charge in [0.2, 0.25) is 5.91 Å². The summed E-state index contributed by atoms with van der Waals surface area (Å²) in [5.41, 5.74) is 9.71. The zero-order valence-corrected chi connectivity index (χ0v) is 15.2. The van der Waals surface area contributed by atoms with Gasteiger partial charge in [0, 0.05) is 27.8 Å². The maximum Gasteiger partial charge on any atom is 0.248 e. The van der Waals surface area contributed by atoms with E-state index in [1.54, 1.807) is 36.4 Å². The molecule has 2 heterocycles. The van der Waals surface area contributed by atoms with Gasteiger partial charge in [-0.15, -0.1) is 11.3 Å². The topological polar surface area (TPSA) is 84.7 Å². The molecule has 0 radical (unpaired) electrons. The van der Waals surface area contributed by atoms with Crippen LogP contribution in [0.4, 0.5) is 4.39 Å². The Hall–Kier alpha value is -3.32. The summed E-state index contributed by atoms with van der Waals surface area (Å²) >= 11 is 1.51. The number of imidazole rings is 1. The number of thiazole rings is 1. The fourth-order valence-electron chi connectivity index (χ4n) is 2.74. The molecule has 0 bridgehead atoms. The van der Waals surface area contributed by atoms with Crippen LogP contribution in [-0.4, -0.2) is 20.9 Å². The number of carbonyl (C=O) groups is 1. The number of nitrogens with two attached hydrogens (primary N) is 1. The molecule has 0 unspecified atom stereocenters. The molecule has 0 fully saturated rings. The van der Waals surface area contributed by atoms with Crippen LogP contribution in [-0.2, 0) is 0 Å². The third-order valence-corrected chi connectivity index (χ3v) is 5.07. The van der Waals surface area contributed by atoms with E-state index in [1.165, 1.54) is 23.5 Å². The predicted molar refractivity (Wildman–Crippen MR) is 104 cm³/mol. The second kappa shape index (κ2) is 6.77. The van der Waals surface area contributed by atoms with E-state index in [0.29, 0.717) is 17.1 Å². The third kappa shape index (κ3) is 3.37. The van der Waals surface area contributed by atoms with Gasteiger partial charge < -0.3 is 10.7 Å². The lowest BCUT2D eigenvalue weighted by molar-refractivity contribution is 0.100. The van der Waals surface area contributed by atoms with E-state index in [9.17, 15) is 9.18 Å². The zero-order chi connectivity index (χ0) is 19.0. The van der Waals surface area contributed by atoms with Crippen molar-refractivity contribution < 1.29 is 9.18 Å². The number of halogens is 1. The minimum atomic E-state index is -0.480. The predicted octanol–water partition coefficient (Wildman–Crippen LogP) is 4.41. The van der Waals surface area contributed by atoms with E-state index < -0.39 is 5.91 Å². The van der Waals surface area contributed by atoms with Crippen molar-refractivity contribution in [3.05, 3.63) is 71.0 Å². The number of aryl methyl sites for hydroxylation is 1. The number of hydrogen-bond donors (Lipinski definition) is 2. The average Bonchev–Trinajstić information content (AvgIpc) is 3.29. The minimum absolute atomic E-state index is 0.303. The van der Waals surface area contributed by atoms with Crippen molar-refractivity contribution in [2.75, 3.05) is 0 Å². The van der Waals surface area contributed by atoms with Crippen molar-refractivity contribution in [1.82, 2.24) is 15.0 Å². The summed E-state index contributed by atoms with van der Waals surface area (Å²) in [6.07, 6.45) is 0. The maximum atomic E-state index is 13.3. The number of amides is 1. The fourth-order valence-corrected chi connectivity index (χ4v) is 3.54. The van der Waals surface area contributed by atoms with Gasteiger partial charge in [-0.3, -0.25) is 4.79 Å². The standard InChI is InChI=1S/C20H15FN4OS/c1-11-10-27-20(23-11)17-16(12-6-8-15(21)9-7-12)24-19(25-17)14-4-2-13(3-5-14)18(22)26/h2-10H,1H3,(H2,22,26)(H,24,25). The molecule has 0 spiro atoms. The number of nitrogens with zero attached hydrogens (tertiary/aromatic N) is 2. The van der Waals surface area contributed by atoms with Crippen LogP contribution in [0.5, 0.6) is 0 Å². The molecule has 1 amide bonds. The van der Waals surface area contributed by atoms with Crippen LogP contribution in [0.1, 0.15) is 16.1 Å². The number of aromatic nitrogens is 3. The molecular weight excluding hydrogens is 363 g/mol. The lowest BCUT2D eigenvalue weighted by Gasteiger charge is -2.00. The smallest absolute Gasteiger partial charge is 0.248 e. The Morgan fingerprint density at radius 2 is 1.70 bits per heavy atom. The van der Waals surface area contributed by atoms with E-state index in [1.807, 2.05) is 12.3 Å². The minimum Gasteiger partial charge on any atom is -0.366 e. The highest BCUT2D eigenvalue weighted by molar-refractivity contribution is 7.13. The highest BCUT2D eigenvalue weighted by Gasteiger charge is 2.18. The molecule has 3 N–H and O–H groups in total. The van der Waals surface area contributed by atoms with E-state index in [2.05, 4.69) is 9.97 Å². The van der Waals surface area contributed by atoms with Gasteiger partial charge in [0.25, 0.3) is 0 Å². The summed E-state index contributed by atoms with van der Waals surface area (Å²) in [4.78, 5) is 23.8. The monoisotopic (exact) mass is 378 g/mol. The second-order valence-corrected chi connectivity index (χ2v) is 6.91. The number of rotatable bonds is 4. The van der Waals surface area contributed by atoms with Gasteiger partial charge in [-0.05, 0) is 43.3 Å². The second-order valence-electron chi connectivity index (χ2n) is 6.05. The molecule has 4 aromatic rings. The summed E-state index contributed by atoms with van der Waals surface area (Å²) in [5, 5.41) is 2.77. The molecule has 134 valence electrons. The van der Waals surface area contributed by atoms with Crippen LogP contribution < -0.4 is 5.73 Å². The zero-order valence-electron chi connectivity index (χ0n) is 14.4. The molecule has 0 aliphatic carbocycles. The van der Waals surface area contributed by atoms with Gasteiger partial charge in [-0.1, -0.05) is 12.1 Å². The third-order valence-electron chi connectivity index (χ3n) is 4.10.